The van der Waals surface area contributed by atoms with Crippen LogP contribution in [0.25, 0.3) is 0 Å². The maximum atomic E-state index is 11.1. The van der Waals surface area contributed by atoms with Gasteiger partial charge >= 0.3 is 5.69 Å². The molecule has 0 radical (unpaired) electrons. The Morgan fingerprint density at radius 1 is 1.58 bits per heavy atom. The molecule has 1 atom stereocenters. The number of nitro groups is 1. The van der Waals surface area contributed by atoms with E-state index in [2.05, 4.69) is 4.98 Å². The lowest BCUT2D eigenvalue weighted by Gasteiger charge is -2.33. The van der Waals surface area contributed by atoms with E-state index in [-0.39, 0.29) is 23.0 Å². The highest BCUT2D eigenvalue weighted by atomic mass is 32.1. The number of aromatic nitrogens is 1. The Morgan fingerprint density at radius 2 is 2.38 bits per heavy atom. The second kappa shape index (κ2) is 6.43. The Bertz CT molecular complexity index is 829. The van der Waals surface area contributed by atoms with Crippen molar-refractivity contribution < 1.29 is 9.66 Å². The molecule has 0 aliphatic carbocycles. The fourth-order valence-corrected chi connectivity index (χ4v) is 3.50. The van der Waals surface area contributed by atoms with Crippen molar-refractivity contribution >= 4 is 28.4 Å². The summed E-state index contributed by atoms with van der Waals surface area (Å²) in [6.07, 6.45) is -0.167. The number of benzene rings is 1. The molecule has 1 fully saturated rings. The topological polar surface area (TPSA) is 118 Å². The van der Waals surface area contributed by atoms with E-state index in [0.29, 0.717) is 25.4 Å². The lowest BCUT2D eigenvalue weighted by molar-refractivity contribution is -0.384. The molecular formula is C15H15N5O3S. The first kappa shape index (κ1) is 16.2. The van der Waals surface area contributed by atoms with Gasteiger partial charge in [-0.2, -0.15) is 5.26 Å². The molecule has 2 aromatic rings. The molecule has 2 N–H and O–H groups in total. The number of aryl methyl sites for hydroxylation is 1. The maximum Gasteiger partial charge on any atom is 0.309 e. The molecule has 3 rings (SSSR count). The zero-order valence-electron chi connectivity index (χ0n) is 12.9. The Kier molecular flexibility index (Phi) is 4.33. The number of nitrogen functional groups attached to an aromatic ring is 1. The van der Waals surface area contributed by atoms with Crippen LogP contribution in [0.15, 0.2) is 17.5 Å². The molecule has 2 heterocycles. The molecule has 9 heteroatoms. The van der Waals surface area contributed by atoms with E-state index < -0.39 is 4.92 Å². The fourth-order valence-electron chi connectivity index (χ4n) is 2.67. The van der Waals surface area contributed by atoms with E-state index in [0.717, 1.165) is 10.7 Å². The molecular weight excluding hydrogens is 330 g/mol. The standard InChI is InChI=1S/C15H15N5O3S/c1-9-8-24-15(18-9)13-7-19(2-3-23-13)11-4-10(6-16)14(20(21)22)12(17)5-11/h4-5,8,13H,2-3,7,17H2,1H3. The zero-order chi connectivity index (χ0) is 17.3. The normalized spacial score (nSPS) is 17.5. The van der Waals surface area contributed by atoms with E-state index in [1.165, 1.54) is 12.1 Å². The van der Waals surface area contributed by atoms with E-state index in [1.54, 1.807) is 11.3 Å². The molecule has 0 bridgehead atoms. The summed E-state index contributed by atoms with van der Waals surface area (Å²) in [7, 11) is 0. The summed E-state index contributed by atoms with van der Waals surface area (Å²) in [6.45, 7) is 3.59. The zero-order valence-corrected chi connectivity index (χ0v) is 13.7. The third-order valence-electron chi connectivity index (χ3n) is 3.77. The number of nitro benzene ring substituents is 1. The summed E-state index contributed by atoms with van der Waals surface area (Å²) in [4.78, 5) is 16.9. The van der Waals surface area contributed by atoms with Crippen molar-refractivity contribution in [2.24, 2.45) is 0 Å². The van der Waals surface area contributed by atoms with Gasteiger partial charge in [-0.1, -0.05) is 0 Å². The van der Waals surface area contributed by atoms with Crippen LogP contribution < -0.4 is 10.6 Å². The van der Waals surface area contributed by atoms with Crippen LogP contribution in [-0.4, -0.2) is 29.6 Å². The molecule has 1 aliphatic rings. The van der Waals surface area contributed by atoms with E-state index >= 15 is 0 Å². The molecule has 8 nitrogen and oxygen atoms in total. The number of hydrogen-bond donors (Lipinski definition) is 1. The summed E-state index contributed by atoms with van der Waals surface area (Å²) in [5, 5.41) is 23.1. The molecule has 1 unspecified atom stereocenters. The van der Waals surface area contributed by atoms with Gasteiger partial charge in [0.15, 0.2) is 0 Å². The maximum absolute atomic E-state index is 11.1. The molecule has 0 amide bonds. The number of rotatable bonds is 3. The van der Waals surface area contributed by atoms with Gasteiger partial charge in [0.1, 0.15) is 28.4 Å². The number of nitrogens with zero attached hydrogens (tertiary/aromatic N) is 4. The molecule has 1 aromatic heterocycles. The second-order valence-corrected chi connectivity index (χ2v) is 6.32. The molecule has 124 valence electrons. The predicted molar refractivity (Wildman–Crippen MR) is 90.0 cm³/mol. The van der Waals surface area contributed by atoms with Crippen molar-refractivity contribution in [3.63, 3.8) is 0 Å². The number of nitriles is 1. The van der Waals surface area contributed by atoms with Crippen LogP contribution in [0.2, 0.25) is 0 Å². The van der Waals surface area contributed by atoms with E-state index in [9.17, 15) is 15.4 Å². The van der Waals surface area contributed by atoms with Gasteiger partial charge in [-0.05, 0) is 19.1 Å². The average Bonchev–Trinajstić information content (AvgIpc) is 3.00. The van der Waals surface area contributed by atoms with Gasteiger partial charge in [0.05, 0.1) is 18.1 Å². The minimum atomic E-state index is -0.627. The number of hydrogen-bond acceptors (Lipinski definition) is 8. The third kappa shape index (κ3) is 3.02. The monoisotopic (exact) mass is 345 g/mol. The van der Waals surface area contributed by atoms with Crippen LogP contribution in [0.1, 0.15) is 22.4 Å². The summed E-state index contributed by atoms with van der Waals surface area (Å²) >= 11 is 1.54. The minimum absolute atomic E-state index is 0.0119. The van der Waals surface area contributed by atoms with Crippen molar-refractivity contribution in [2.75, 3.05) is 30.3 Å². The fraction of sp³-hybridized carbons (Fsp3) is 0.333. The van der Waals surface area contributed by atoms with E-state index in [4.69, 9.17) is 10.5 Å². The smallest absolute Gasteiger partial charge is 0.309 e. The van der Waals surface area contributed by atoms with Crippen LogP contribution in [0, 0.1) is 28.4 Å². The lowest BCUT2D eigenvalue weighted by Crippen LogP contribution is -2.38. The van der Waals surface area contributed by atoms with Crippen LogP contribution >= 0.6 is 11.3 Å². The first-order valence-corrected chi connectivity index (χ1v) is 8.14. The number of ether oxygens (including phenoxy) is 1. The molecule has 1 saturated heterocycles. The lowest BCUT2D eigenvalue weighted by atomic mass is 10.1. The largest absolute Gasteiger partial charge is 0.393 e. The number of morpholine rings is 1. The first-order valence-electron chi connectivity index (χ1n) is 7.26. The van der Waals surface area contributed by atoms with Crippen molar-refractivity contribution in [1.29, 1.82) is 5.26 Å². The number of thiazole rings is 1. The minimum Gasteiger partial charge on any atom is -0.393 e. The number of nitrogens with two attached hydrogens (primary N) is 1. The van der Waals surface area contributed by atoms with Gasteiger partial charge in [-0.15, -0.1) is 11.3 Å². The quantitative estimate of drug-likeness (QED) is 0.515. The van der Waals surface area contributed by atoms with Gasteiger partial charge in [0, 0.05) is 23.3 Å². The Hall–Kier alpha value is -2.70. The van der Waals surface area contributed by atoms with Crippen LogP contribution in [0.5, 0.6) is 0 Å². The van der Waals surface area contributed by atoms with Crippen LogP contribution in [0.3, 0.4) is 0 Å². The van der Waals surface area contributed by atoms with Gasteiger partial charge in [0.25, 0.3) is 0 Å². The van der Waals surface area contributed by atoms with Crippen molar-refractivity contribution in [3.05, 3.63) is 43.9 Å². The van der Waals surface area contributed by atoms with Gasteiger partial charge in [-0.25, -0.2) is 4.98 Å². The Balaban J connectivity index is 1.90. The molecule has 0 saturated carbocycles. The van der Waals surface area contributed by atoms with Gasteiger partial charge < -0.3 is 15.4 Å². The van der Waals surface area contributed by atoms with E-state index in [1.807, 2.05) is 23.3 Å². The molecule has 24 heavy (non-hydrogen) atoms. The molecule has 1 aliphatic heterocycles. The molecule has 0 spiro atoms. The Labute approximate surface area is 142 Å². The number of anilines is 2. The summed E-state index contributed by atoms with van der Waals surface area (Å²) in [5.74, 6) is 0. The van der Waals surface area contributed by atoms with Crippen LogP contribution in [-0.2, 0) is 4.74 Å². The average molecular weight is 345 g/mol. The first-order chi connectivity index (χ1) is 11.5. The van der Waals surface area contributed by atoms with Gasteiger partial charge in [0.2, 0.25) is 0 Å². The Morgan fingerprint density at radius 3 is 3.00 bits per heavy atom. The van der Waals surface area contributed by atoms with Crippen molar-refractivity contribution in [2.45, 2.75) is 13.0 Å². The third-order valence-corrected chi connectivity index (χ3v) is 4.83. The SMILES string of the molecule is Cc1csc(C2CN(c3cc(N)c([N+](=O)[O-])c(C#N)c3)CCO2)n1. The van der Waals surface area contributed by atoms with Gasteiger partial charge in [-0.3, -0.25) is 10.1 Å². The summed E-state index contributed by atoms with van der Waals surface area (Å²) in [6, 6.07) is 4.89. The van der Waals surface area contributed by atoms with Crippen molar-refractivity contribution in [1.82, 2.24) is 4.98 Å². The highest BCUT2D eigenvalue weighted by Gasteiger charge is 2.27. The predicted octanol–water partition coefficient (Wildman–Crippen LogP) is 2.39. The highest BCUT2D eigenvalue weighted by Crippen LogP contribution is 2.34. The highest BCUT2D eigenvalue weighted by molar-refractivity contribution is 7.09. The molecule has 1 aromatic carbocycles. The van der Waals surface area contributed by atoms with Crippen molar-refractivity contribution in [3.8, 4) is 6.07 Å². The second-order valence-electron chi connectivity index (χ2n) is 5.43. The summed E-state index contributed by atoms with van der Waals surface area (Å²) < 4.78 is 5.78. The van der Waals surface area contributed by atoms with Crippen LogP contribution in [0.4, 0.5) is 17.1 Å². The summed E-state index contributed by atoms with van der Waals surface area (Å²) in [5.41, 5.74) is 7.02.